The molecule has 2 heterocycles. The number of carbonyl (C=O) groups excluding carboxylic acids is 1. The van der Waals surface area contributed by atoms with E-state index in [9.17, 15) is 4.79 Å². The average molecular weight is 356 g/mol. The molecule has 1 aromatic heterocycles. The highest BCUT2D eigenvalue weighted by molar-refractivity contribution is 7.13. The summed E-state index contributed by atoms with van der Waals surface area (Å²) in [5, 5.41) is 6.19. The number of fused-ring (bicyclic) bond motifs is 1. The largest absolute Gasteiger partial charge is 0.346 e. The molecule has 1 fully saturated rings. The summed E-state index contributed by atoms with van der Waals surface area (Å²) in [5.41, 5.74) is 3.76. The van der Waals surface area contributed by atoms with Gasteiger partial charge >= 0.3 is 0 Å². The lowest BCUT2D eigenvalue weighted by atomic mass is 10.1. The Morgan fingerprint density at radius 2 is 2.00 bits per heavy atom. The van der Waals surface area contributed by atoms with Gasteiger partial charge in [0.05, 0.1) is 6.04 Å². The molecule has 1 aliphatic heterocycles. The molecule has 0 saturated carbocycles. The Hall–Kier alpha value is -1.92. The number of rotatable bonds is 4. The summed E-state index contributed by atoms with van der Waals surface area (Å²) >= 11 is 1.67. The van der Waals surface area contributed by atoms with Crippen LogP contribution in [0.3, 0.4) is 0 Å². The normalized spacial score (nSPS) is 18.8. The molecule has 6 heteroatoms. The van der Waals surface area contributed by atoms with Gasteiger partial charge in [-0.25, -0.2) is 4.98 Å². The van der Waals surface area contributed by atoms with Crippen LogP contribution in [0, 0.1) is 0 Å². The second-order valence-corrected chi connectivity index (χ2v) is 7.71. The van der Waals surface area contributed by atoms with Gasteiger partial charge in [0.15, 0.2) is 5.13 Å². The fourth-order valence-corrected chi connectivity index (χ4v) is 4.43. The van der Waals surface area contributed by atoms with E-state index in [1.165, 1.54) is 24.0 Å². The van der Waals surface area contributed by atoms with Crippen molar-refractivity contribution in [2.24, 2.45) is 0 Å². The number of hydrogen-bond acceptors (Lipinski definition) is 5. The van der Waals surface area contributed by atoms with Crippen molar-refractivity contribution >= 4 is 28.1 Å². The van der Waals surface area contributed by atoms with E-state index in [0.29, 0.717) is 0 Å². The van der Waals surface area contributed by atoms with Gasteiger partial charge in [-0.2, -0.15) is 0 Å². The fraction of sp³-hybridized carbons (Fsp3) is 0.474. The Kier molecular flexibility index (Phi) is 4.72. The van der Waals surface area contributed by atoms with Crippen molar-refractivity contribution in [2.75, 3.05) is 36.4 Å². The van der Waals surface area contributed by atoms with E-state index < -0.39 is 0 Å². The molecule has 1 N–H and O–H groups in total. The van der Waals surface area contributed by atoms with Gasteiger partial charge in [-0.05, 0) is 49.4 Å². The summed E-state index contributed by atoms with van der Waals surface area (Å²) in [6.07, 6.45) is 5.38. The van der Waals surface area contributed by atoms with E-state index in [1.54, 1.807) is 11.3 Å². The van der Waals surface area contributed by atoms with Gasteiger partial charge in [0.1, 0.15) is 0 Å². The van der Waals surface area contributed by atoms with Gasteiger partial charge in [0, 0.05) is 43.4 Å². The van der Waals surface area contributed by atoms with E-state index in [4.69, 9.17) is 0 Å². The number of thiazole rings is 1. The summed E-state index contributed by atoms with van der Waals surface area (Å²) in [4.78, 5) is 21.6. The molecule has 0 spiro atoms. The predicted octanol–water partition coefficient (Wildman–Crippen LogP) is 2.78. The van der Waals surface area contributed by atoms with Crippen molar-refractivity contribution in [3.8, 4) is 0 Å². The standard InChI is InChI=1S/C19H24N4OS/c1-14(22-8-10-23(11-9-22)19-20-7-12-25-19)18(24)21-17-6-5-15-3-2-4-16(15)13-17/h5-7,12-14H,2-4,8-11H2,1H3,(H,21,24)/t14-/m1/s1. The zero-order chi connectivity index (χ0) is 17.2. The van der Waals surface area contributed by atoms with Crippen LogP contribution in [0.5, 0.6) is 0 Å². The quantitative estimate of drug-likeness (QED) is 0.915. The predicted molar refractivity (Wildman–Crippen MR) is 102 cm³/mol. The van der Waals surface area contributed by atoms with Crippen LogP contribution < -0.4 is 10.2 Å². The molecule has 1 atom stereocenters. The third kappa shape index (κ3) is 3.55. The Morgan fingerprint density at radius 1 is 1.20 bits per heavy atom. The smallest absolute Gasteiger partial charge is 0.241 e. The maximum atomic E-state index is 12.6. The van der Waals surface area contributed by atoms with Crippen molar-refractivity contribution in [3.63, 3.8) is 0 Å². The minimum Gasteiger partial charge on any atom is -0.346 e. The number of anilines is 2. The van der Waals surface area contributed by atoms with Crippen molar-refractivity contribution in [1.29, 1.82) is 0 Å². The Labute approximate surface area is 152 Å². The first-order valence-electron chi connectivity index (χ1n) is 9.02. The number of hydrogen-bond donors (Lipinski definition) is 1. The molecular formula is C19H24N4OS. The van der Waals surface area contributed by atoms with Gasteiger partial charge < -0.3 is 10.2 Å². The van der Waals surface area contributed by atoms with Gasteiger partial charge in [0.25, 0.3) is 0 Å². The Morgan fingerprint density at radius 3 is 2.76 bits per heavy atom. The highest BCUT2D eigenvalue weighted by atomic mass is 32.1. The zero-order valence-corrected chi connectivity index (χ0v) is 15.4. The summed E-state index contributed by atoms with van der Waals surface area (Å²) in [6, 6.07) is 6.23. The summed E-state index contributed by atoms with van der Waals surface area (Å²) < 4.78 is 0. The molecule has 0 radical (unpaired) electrons. The molecule has 1 amide bonds. The van der Waals surface area contributed by atoms with E-state index in [2.05, 4.69) is 32.2 Å². The third-order valence-electron chi connectivity index (χ3n) is 5.30. The molecule has 1 aliphatic carbocycles. The van der Waals surface area contributed by atoms with Gasteiger partial charge in [-0.3, -0.25) is 9.69 Å². The summed E-state index contributed by atoms with van der Waals surface area (Å²) in [5.74, 6) is 0.0839. The fourth-order valence-electron chi connectivity index (χ4n) is 3.73. The Balaban J connectivity index is 1.33. The number of benzene rings is 1. The molecule has 1 saturated heterocycles. The number of nitrogens with one attached hydrogen (secondary N) is 1. The molecule has 0 bridgehead atoms. The molecule has 1 aromatic carbocycles. The molecular weight excluding hydrogens is 332 g/mol. The molecule has 132 valence electrons. The van der Waals surface area contributed by atoms with Crippen molar-refractivity contribution in [3.05, 3.63) is 40.9 Å². The Bertz CT molecular complexity index is 738. The monoisotopic (exact) mass is 356 g/mol. The van der Waals surface area contributed by atoms with Gasteiger partial charge in [-0.15, -0.1) is 11.3 Å². The second kappa shape index (κ2) is 7.14. The topological polar surface area (TPSA) is 48.5 Å². The highest BCUT2D eigenvalue weighted by Crippen LogP contribution is 2.25. The maximum Gasteiger partial charge on any atom is 0.241 e. The van der Waals surface area contributed by atoms with Crippen molar-refractivity contribution in [1.82, 2.24) is 9.88 Å². The van der Waals surface area contributed by atoms with Crippen LogP contribution in [0.2, 0.25) is 0 Å². The number of aryl methyl sites for hydroxylation is 2. The van der Waals surface area contributed by atoms with Crippen molar-refractivity contribution < 1.29 is 4.79 Å². The lowest BCUT2D eigenvalue weighted by Crippen LogP contribution is -2.52. The maximum absolute atomic E-state index is 12.6. The number of amides is 1. The van der Waals surface area contributed by atoms with Gasteiger partial charge in [-0.1, -0.05) is 6.07 Å². The zero-order valence-electron chi connectivity index (χ0n) is 14.6. The lowest BCUT2D eigenvalue weighted by Gasteiger charge is -2.37. The highest BCUT2D eigenvalue weighted by Gasteiger charge is 2.26. The van der Waals surface area contributed by atoms with Crippen LogP contribution in [0.15, 0.2) is 29.8 Å². The van der Waals surface area contributed by atoms with Crippen LogP contribution in [-0.4, -0.2) is 48.0 Å². The van der Waals surface area contributed by atoms with E-state index in [0.717, 1.165) is 43.4 Å². The molecule has 2 aromatic rings. The number of carbonyl (C=O) groups is 1. The van der Waals surface area contributed by atoms with Crippen LogP contribution in [0.25, 0.3) is 0 Å². The molecule has 4 rings (SSSR count). The van der Waals surface area contributed by atoms with Gasteiger partial charge in [0.2, 0.25) is 5.91 Å². The number of piperazine rings is 1. The molecule has 0 unspecified atom stereocenters. The van der Waals surface area contributed by atoms with E-state index >= 15 is 0 Å². The number of nitrogens with zero attached hydrogens (tertiary/aromatic N) is 3. The SMILES string of the molecule is C[C@H](C(=O)Nc1ccc2c(c1)CCC2)N1CCN(c2nccs2)CC1. The van der Waals surface area contributed by atoms with Crippen LogP contribution >= 0.6 is 11.3 Å². The number of aromatic nitrogens is 1. The summed E-state index contributed by atoms with van der Waals surface area (Å²) in [7, 11) is 0. The molecule has 25 heavy (non-hydrogen) atoms. The third-order valence-corrected chi connectivity index (χ3v) is 6.13. The first-order valence-corrected chi connectivity index (χ1v) is 9.90. The molecule has 5 nitrogen and oxygen atoms in total. The van der Waals surface area contributed by atoms with E-state index in [1.807, 2.05) is 24.6 Å². The minimum absolute atomic E-state index is 0.0839. The van der Waals surface area contributed by atoms with Crippen molar-refractivity contribution in [2.45, 2.75) is 32.2 Å². The second-order valence-electron chi connectivity index (χ2n) is 6.84. The van der Waals surface area contributed by atoms with Crippen LogP contribution in [0.1, 0.15) is 24.5 Å². The first-order chi connectivity index (χ1) is 12.2. The van der Waals surface area contributed by atoms with Crippen LogP contribution in [0.4, 0.5) is 10.8 Å². The average Bonchev–Trinajstić information content (AvgIpc) is 3.32. The van der Waals surface area contributed by atoms with E-state index in [-0.39, 0.29) is 11.9 Å². The molecule has 2 aliphatic rings. The lowest BCUT2D eigenvalue weighted by molar-refractivity contribution is -0.120. The first kappa shape index (κ1) is 16.5. The summed E-state index contributed by atoms with van der Waals surface area (Å²) in [6.45, 7) is 5.62. The van der Waals surface area contributed by atoms with Crippen LogP contribution in [-0.2, 0) is 17.6 Å². The minimum atomic E-state index is -0.119.